The first-order valence-electron chi connectivity index (χ1n) is 7.37. The molecule has 27 heavy (non-hydrogen) atoms. The molecule has 0 fully saturated rings. The van der Waals surface area contributed by atoms with E-state index in [1.54, 1.807) is 30.3 Å². The molecule has 0 spiro atoms. The van der Waals surface area contributed by atoms with Crippen molar-refractivity contribution < 1.29 is 19.1 Å². The molecule has 0 saturated carbocycles. The number of hydrogen-bond donors (Lipinski definition) is 1. The molecule has 0 aromatic heterocycles. The third-order valence-electron chi connectivity index (χ3n) is 3.26. The number of carbonyl (C=O) groups is 2. The maximum atomic E-state index is 11.2. The summed E-state index contributed by atoms with van der Waals surface area (Å²) in [5.74, 6) is -0.854. The average molecular weight is 500 g/mol. The Morgan fingerprint density at radius 3 is 1.70 bits per heavy atom. The SMILES string of the molecule is COC(=O)c1cc(CBr)ccc1Cl.COC(=O)c1cc(CN)ccc1Cl.Cl. The monoisotopic (exact) mass is 497 g/mol. The second-order valence-electron chi connectivity index (χ2n) is 4.95. The molecule has 0 aliphatic rings. The Balaban J connectivity index is 0.000000483. The molecule has 148 valence electrons. The van der Waals surface area contributed by atoms with Crippen molar-refractivity contribution in [2.24, 2.45) is 5.73 Å². The van der Waals surface area contributed by atoms with Gasteiger partial charge in [0.1, 0.15) is 0 Å². The maximum Gasteiger partial charge on any atom is 0.339 e. The predicted octanol–water partition coefficient (Wildman–Crippen LogP) is 5.03. The normalized spacial score (nSPS) is 9.41. The number of alkyl halides is 1. The molecule has 5 nitrogen and oxygen atoms in total. The van der Waals surface area contributed by atoms with E-state index in [-0.39, 0.29) is 12.4 Å². The van der Waals surface area contributed by atoms with Crippen LogP contribution in [0.5, 0.6) is 0 Å². The molecule has 9 heteroatoms. The summed E-state index contributed by atoms with van der Waals surface area (Å²) in [6.45, 7) is 0.376. The fourth-order valence-electron chi connectivity index (χ4n) is 1.89. The Hall–Kier alpha value is -1.31. The number of nitrogens with two attached hydrogens (primary N) is 1. The maximum absolute atomic E-state index is 11.2. The minimum Gasteiger partial charge on any atom is -0.465 e. The van der Waals surface area contributed by atoms with Gasteiger partial charge in [-0.25, -0.2) is 9.59 Å². The van der Waals surface area contributed by atoms with Crippen LogP contribution in [-0.4, -0.2) is 26.2 Å². The van der Waals surface area contributed by atoms with Crippen LogP contribution in [0.4, 0.5) is 0 Å². The number of carbonyl (C=O) groups excluding carboxylic acids is 2. The van der Waals surface area contributed by atoms with Crippen molar-refractivity contribution in [2.75, 3.05) is 14.2 Å². The van der Waals surface area contributed by atoms with Crippen molar-refractivity contribution in [1.82, 2.24) is 0 Å². The lowest BCUT2D eigenvalue weighted by atomic mass is 10.1. The number of methoxy groups -OCH3 is 2. The number of hydrogen-bond acceptors (Lipinski definition) is 5. The van der Waals surface area contributed by atoms with E-state index in [1.807, 2.05) is 6.07 Å². The van der Waals surface area contributed by atoms with Gasteiger partial charge in [-0.05, 0) is 35.4 Å². The van der Waals surface area contributed by atoms with Gasteiger partial charge in [0.2, 0.25) is 0 Å². The smallest absolute Gasteiger partial charge is 0.339 e. The molecule has 0 aliphatic heterocycles. The molecular formula is C18H19BrCl3NO4. The second-order valence-corrected chi connectivity index (χ2v) is 6.32. The third kappa shape index (κ3) is 7.68. The molecule has 0 bridgehead atoms. The van der Waals surface area contributed by atoms with Crippen LogP contribution in [0.15, 0.2) is 36.4 Å². The fraction of sp³-hybridized carbons (Fsp3) is 0.222. The van der Waals surface area contributed by atoms with Crippen LogP contribution < -0.4 is 5.73 Å². The first-order valence-corrected chi connectivity index (χ1v) is 9.25. The molecule has 0 saturated heterocycles. The van der Waals surface area contributed by atoms with Crippen LogP contribution in [0, 0.1) is 0 Å². The van der Waals surface area contributed by atoms with E-state index in [2.05, 4.69) is 25.4 Å². The number of rotatable bonds is 4. The summed E-state index contributed by atoms with van der Waals surface area (Å²) < 4.78 is 9.13. The van der Waals surface area contributed by atoms with Crippen LogP contribution in [0.25, 0.3) is 0 Å². The van der Waals surface area contributed by atoms with Crippen LogP contribution in [0.2, 0.25) is 10.0 Å². The Labute approximate surface area is 182 Å². The standard InChI is InChI=1S/C9H8BrClO2.C9H10ClNO2.ClH/c1-13-9(12)7-4-6(5-10)2-3-8(7)11;1-13-9(12)7-4-6(5-11)2-3-8(7)10;/h2-4H,5H2,1H3;2-4H,5,11H2,1H3;1H. The second kappa shape index (κ2) is 13.0. The first-order chi connectivity index (χ1) is 12.4. The largest absolute Gasteiger partial charge is 0.465 e. The molecule has 0 heterocycles. The van der Waals surface area contributed by atoms with Crippen LogP contribution >= 0.6 is 51.5 Å². The minimum absolute atomic E-state index is 0. The Morgan fingerprint density at radius 2 is 1.33 bits per heavy atom. The highest BCUT2D eigenvalue weighted by Crippen LogP contribution is 2.20. The number of ether oxygens (including phenoxy) is 2. The Bertz CT molecular complexity index is 722. The summed E-state index contributed by atoms with van der Waals surface area (Å²) >= 11 is 14.9. The number of halogens is 4. The molecule has 0 aliphatic carbocycles. The fourth-order valence-corrected chi connectivity index (χ4v) is 2.63. The quantitative estimate of drug-likeness (QED) is 0.472. The van der Waals surface area contributed by atoms with E-state index in [0.29, 0.717) is 33.0 Å². The summed E-state index contributed by atoms with van der Waals surface area (Å²) in [6.07, 6.45) is 0. The van der Waals surface area contributed by atoms with E-state index >= 15 is 0 Å². The highest BCUT2D eigenvalue weighted by Gasteiger charge is 2.11. The Morgan fingerprint density at radius 1 is 0.926 bits per heavy atom. The summed E-state index contributed by atoms with van der Waals surface area (Å²) in [4.78, 5) is 22.3. The van der Waals surface area contributed by atoms with Gasteiger partial charge in [0.25, 0.3) is 0 Å². The minimum atomic E-state index is -0.444. The van der Waals surface area contributed by atoms with E-state index in [9.17, 15) is 9.59 Å². The number of benzene rings is 2. The van der Waals surface area contributed by atoms with Gasteiger partial charge in [0, 0.05) is 11.9 Å². The molecular weight excluding hydrogens is 480 g/mol. The van der Waals surface area contributed by atoms with Gasteiger partial charge in [-0.15, -0.1) is 12.4 Å². The van der Waals surface area contributed by atoms with Gasteiger partial charge in [-0.2, -0.15) is 0 Å². The van der Waals surface area contributed by atoms with Gasteiger partial charge in [-0.3, -0.25) is 0 Å². The van der Waals surface area contributed by atoms with Gasteiger partial charge < -0.3 is 15.2 Å². The van der Waals surface area contributed by atoms with Gasteiger partial charge in [-0.1, -0.05) is 51.3 Å². The van der Waals surface area contributed by atoms with Crippen molar-refractivity contribution >= 4 is 63.5 Å². The highest BCUT2D eigenvalue weighted by molar-refractivity contribution is 9.08. The van der Waals surface area contributed by atoms with Crippen LogP contribution in [0.1, 0.15) is 31.8 Å². The zero-order valence-corrected chi connectivity index (χ0v) is 18.5. The lowest BCUT2D eigenvalue weighted by Gasteiger charge is -2.03. The lowest BCUT2D eigenvalue weighted by Crippen LogP contribution is -2.04. The molecule has 0 radical (unpaired) electrons. The molecule has 0 amide bonds. The molecule has 0 unspecified atom stereocenters. The predicted molar refractivity (Wildman–Crippen MR) is 113 cm³/mol. The van der Waals surface area contributed by atoms with Crippen LogP contribution in [-0.2, 0) is 21.3 Å². The van der Waals surface area contributed by atoms with Gasteiger partial charge >= 0.3 is 11.9 Å². The molecule has 2 N–H and O–H groups in total. The van der Waals surface area contributed by atoms with Crippen molar-refractivity contribution in [2.45, 2.75) is 11.9 Å². The van der Waals surface area contributed by atoms with Gasteiger partial charge in [0.15, 0.2) is 0 Å². The first kappa shape index (κ1) is 25.7. The molecule has 2 rings (SSSR count). The molecule has 0 atom stereocenters. The lowest BCUT2D eigenvalue weighted by molar-refractivity contribution is 0.0592. The van der Waals surface area contributed by atoms with Crippen molar-refractivity contribution in [1.29, 1.82) is 0 Å². The van der Waals surface area contributed by atoms with E-state index < -0.39 is 11.9 Å². The summed E-state index contributed by atoms with van der Waals surface area (Å²) in [5.41, 5.74) is 8.02. The topological polar surface area (TPSA) is 78.6 Å². The zero-order valence-electron chi connectivity index (χ0n) is 14.6. The van der Waals surface area contributed by atoms with Crippen molar-refractivity contribution in [3.8, 4) is 0 Å². The number of esters is 2. The zero-order chi connectivity index (χ0) is 19.7. The molecule has 2 aromatic rings. The van der Waals surface area contributed by atoms with E-state index in [1.165, 1.54) is 14.2 Å². The van der Waals surface area contributed by atoms with Gasteiger partial charge in [0.05, 0.1) is 35.4 Å². The van der Waals surface area contributed by atoms with Crippen molar-refractivity contribution in [3.05, 3.63) is 68.7 Å². The van der Waals surface area contributed by atoms with Crippen LogP contribution in [0.3, 0.4) is 0 Å². The van der Waals surface area contributed by atoms with E-state index in [4.69, 9.17) is 28.9 Å². The van der Waals surface area contributed by atoms with E-state index in [0.717, 1.165) is 11.1 Å². The summed E-state index contributed by atoms with van der Waals surface area (Å²) in [7, 11) is 2.65. The average Bonchev–Trinajstić information content (AvgIpc) is 2.68. The highest BCUT2D eigenvalue weighted by atomic mass is 79.9. The molecule has 2 aromatic carbocycles. The summed E-state index contributed by atoms with van der Waals surface area (Å²) in [5, 5.41) is 1.48. The Kier molecular flexibility index (Phi) is 12.3. The third-order valence-corrected chi connectivity index (χ3v) is 4.57. The summed E-state index contributed by atoms with van der Waals surface area (Å²) in [6, 6.07) is 10.3. The van der Waals surface area contributed by atoms with Crippen molar-refractivity contribution in [3.63, 3.8) is 0 Å².